The van der Waals surface area contributed by atoms with Crippen molar-refractivity contribution in [1.82, 2.24) is 0 Å². The Kier molecular flexibility index (Phi) is 4.15. The van der Waals surface area contributed by atoms with Gasteiger partial charge in [-0.15, -0.1) is 0 Å². The highest BCUT2D eigenvalue weighted by Gasteiger charge is 2.40. The lowest BCUT2D eigenvalue weighted by Crippen LogP contribution is -2.24. The summed E-state index contributed by atoms with van der Waals surface area (Å²) < 4.78 is 24.7. The second-order valence-corrected chi connectivity index (χ2v) is 7.76. The van der Waals surface area contributed by atoms with Crippen LogP contribution in [0.1, 0.15) is 11.1 Å². The molecule has 1 saturated heterocycles. The van der Waals surface area contributed by atoms with E-state index in [0.29, 0.717) is 5.69 Å². The molecule has 1 aliphatic heterocycles. The van der Waals surface area contributed by atoms with E-state index in [2.05, 4.69) is 5.32 Å². The number of sulfone groups is 1. The van der Waals surface area contributed by atoms with Gasteiger partial charge >= 0.3 is 0 Å². The summed E-state index contributed by atoms with van der Waals surface area (Å²) >= 11 is 0. The molecule has 2 aromatic carbocycles. The van der Waals surface area contributed by atoms with Crippen LogP contribution in [0.3, 0.4) is 0 Å². The summed E-state index contributed by atoms with van der Waals surface area (Å²) in [5.74, 6) is -0.852. The van der Waals surface area contributed by atoms with Crippen molar-refractivity contribution in [3.05, 3.63) is 70.8 Å². The van der Waals surface area contributed by atoms with Crippen LogP contribution in [-0.2, 0) is 14.6 Å². The Morgan fingerprint density at radius 3 is 2.08 bits per heavy atom. The minimum atomic E-state index is -3.65. The molecule has 6 heteroatoms. The van der Waals surface area contributed by atoms with Gasteiger partial charge in [0.15, 0.2) is 0 Å². The van der Waals surface area contributed by atoms with E-state index in [1.165, 1.54) is 11.1 Å². The van der Waals surface area contributed by atoms with Gasteiger partial charge in [0.05, 0.1) is 0 Å². The zero-order valence-electron chi connectivity index (χ0n) is 13.5. The van der Waals surface area contributed by atoms with Gasteiger partial charge in [-0.1, -0.05) is 35.4 Å². The molecule has 0 bridgehead atoms. The van der Waals surface area contributed by atoms with Gasteiger partial charge in [-0.2, -0.15) is 0 Å². The zero-order chi connectivity index (χ0) is 17.3. The molecule has 0 radical (unpaired) electrons. The molecular formula is C18H18N2O3S. The molecule has 1 N–H and O–H groups in total. The molecule has 1 amide bonds. The SMILES string of the molecule is Cc1ccc(NC=C2C(=O)N(c3ccc(C)cc3)CS2(=O)=O)cc1. The van der Waals surface area contributed by atoms with Crippen LogP contribution < -0.4 is 10.2 Å². The summed E-state index contributed by atoms with van der Waals surface area (Å²) in [6.07, 6.45) is 1.27. The number of carbonyl (C=O) groups excluding carboxylic acids is 1. The number of rotatable bonds is 3. The molecule has 5 nitrogen and oxygen atoms in total. The number of hydrogen-bond acceptors (Lipinski definition) is 4. The van der Waals surface area contributed by atoms with Crippen molar-refractivity contribution in [2.24, 2.45) is 0 Å². The Morgan fingerprint density at radius 1 is 0.958 bits per heavy atom. The van der Waals surface area contributed by atoms with Gasteiger partial charge in [-0.05, 0) is 38.1 Å². The average Bonchev–Trinajstić information content (AvgIpc) is 2.77. The van der Waals surface area contributed by atoms with Crippen LogP contribution in [0.15, 0.2) is 59.6 Å². The van der Waals surface area contributed by atoms with Crippen LogP contribution in [0, 0.1) is 13.8 Å². The van der Waals surface area contributed by atoms with Crippen molar-refractivity contribution in [3.63, 3.8) is 0 Å². The Labute approximate surface area is 141 Å². The predicted molar refractivity (Wildman–Crippen MR) is 95.3 cm³/mol. The van der Waals surface area contributed by atoms with Crippen molar-refractivity contribution < 1.29 is 13.2 Å². The van der Waals surface area contributed by atoms with Gasteiger partial charge in [-0.25, -0.2) is 8.42 Å². The molecule has 2 aromatic rings. The van der Waals surface area contributed by atoms with Gasteiger partial charge < -0.3 is 5.32 Å². The fourth-order valence-corrected chi connectivity index (χ4v) is 3.79. The first-order valence-electron chi connectivity index (χ1n) is 7.51. The molecule has 0 unspecified atom stereocenters. The van der Waals surface area contributed by atoms with Gasteiger partial charge in [0.2, 0.25) is 9.84 Å². The van der Waals surface area contributed by atoms with E-state index in [4.69, 9.17) is 0 Å². The fourth-order valence-electron chi connectivity index (χ4n) is 2.43. The first-order valence-corrected chi connectivity index (χ1v) is 9.17. The van der Waals surface area contributed by atoms with E-state index in [9.17, 15) is 13.2 Å². The molecule has 124 valence electrons. The summed E-state index contributed by atoms with van der Waals surface area (Å²) in [4.78, 5) is 13.6. The molecule has 1 fully saturated rings. The largest absolute Gasteiger partial charge is 0.360 e. The molecule has 0 aromatic heterocycles. The molecule has 0 aliphatic carbocycles. The molecule has 24 heavy (non-hydrogen) atoms. The summed E-state index contributed by atoms with van der Waals surface area (Å²) in [5.41, 5.74) is 3.45. The molecule has 3 rings (SSSR count). The molecule has 1 aliphatic rings. The van der Waals surface area contributed by atoms with Gasteiger partial charge in [0.1, 0.15) is 10.8 Å². The number of nitrogens with zero attached hydrogens (tertiary/aromatic N) is 1. The highest BCUT2D eigenvalue weighted by Crippen LogP contribution is 2.28. The topological polar surface area (TPSA) is 66.5 Å². The smallest absolute Gasteiger partial charge is 0.272 e. The number of benzene rings is 2. The number of amides is 1. The second kappa shape index (κ2) is 6.13. The average molecular weight is 342 g/mol. The number of nitrogens with one attached hydrogen (secondary N) is 1. The minimum Gasteiger partial charge on any atom is -0.360 e. The third-order valence-corrected chi connectivity index (χ3v) is 5.42. The quantitative estimate of drug-likeness (QED) is 0.871. The Balaban J connectivity index is 1.87. The van der Waals surface area contributed by atoms with Gasteiger partial charge in [0.25, 0.3) is 5.91 Å². The highest BCUT2D eigenvalue weighted by molar-refractivity contribution is 7.97. The number of aryl methyl sites for hydroxylation is 2. The van der Waals surface area contributed by atoms with E-state index in [0.717, 1.165) is 16.8 Å². The number of carbonyl (C=O) groups is 1. The molecule has 0 spiro atoms. The Morgan fingerprint density at radius 2 is 1.50 bits per heavy atom. The van der Waals surface area contributed by atoms with Gasteiger partial charge in [-0.3, -0.25) is 9.69 Å². The summed E-state index contributed by atoms with van der Waals surface area (Å²) in [5, 5.41) is 2.89. The predicted octanol–water partition coefficient (Wildman–Crippen LogP) is 2.98. The third-order valence-electron chi connectivity index (χ3n) is 3.86. The van der Waals surface area contributed by atoms with E-state index < -0.39 is 15.7 Å². The molecule has 1 heterocycles. The third kappa shape index (κ3) is 3.19. The van der Waals surface area contributed by atoms with Crippen LogP contribution in [-0.4, -0.2) is 20.2 Å². The van der Waals surface area contributed by atoms with E-state index in [1.807, 2.05) is 50.2 Å². The highest BCUT2D eigenvalue weighted by atomic mass is 32.2. The molecular weight excluding hydrogens is 324 g/mol. The first kappa shape index (κ1) is 16.3. The van der Waals surface area contributed by atoms with Crippen LogP contribution in [0.25, 0.3) is 0 Å². The summed E-state index contributed by atoms with van der Waals surface area (Å²) in [6.45, 7) is 3.90. The van der Waals surface area contributed by atoms with Crippen LogP contribution in [0.4, 0.5) is 11.4 Å². The van der Waals surface area contributed by atoms with E-state index in [1.54, 1.807) is 12.1 Å². The van der Waals surface area contributed by atoms with E-state index >= 15 is 0 Å². The molecule has 0 saturated carbocycles. The summed E-state index contributed by atoms with van der Waals surface area (Å²) in [7, 11) is -3.65. The lowest BCUT2D eigenvalue weighted by Gasteiger charge is -2.13. The first-order chi connectivity index (χ1) is 11.4. The zero-order valence-corrected chi connectivity index (χ0v) is 14.3. The van der Waals surface area contributed by atoms with E-state index in [-0.39, 0.29) is 10.8 Å². The van der Waals surface area contributed by atoms with Crippen LogP contribution in [0.2, 0.25) is 0 Å². The maximum Gasteiger partial charge on any atom is 0.272 e. The molecule has 0 atom stereocenters. The fraction of sp³-hybridized carbons (Fsp3) is 0.167. The monoisotopic (exact) mass is 342 g/mol. The maximum atomic E-state index is 12.5. The minimum absolute atomic E-state index is 0.219. The normalized spacial score (nSPS) is 18.2. The Bertz CT molecular complexity index is 898. The van der Waals surface area contributed by atoms with Crippen molar-refractivity contribution in [2.45, 2.75) is 13.8 Å². The lowest BCUT2D eigenvalue weighted by atomic mass is 10.2. The second-order valence-electron chi connectivity index (χ2n) is 5.83. The van der Waals surface area contributed by atoms with Crippen molar-refractivity contribution >= 4 is 27.1 Å². The number of anilines is 2. The Hall–Kier alpha value is -2.60. The van der Waals surface area contributed by atoms with Crippen molar-refractivity contribution in [3.8, 4) is 0 Å². The standard InChI is InChI=1S/C18H18N2O3S/c1-13-3-7-15(8-4-13)19-11-17-18(21)20(12-24(17,22)23)16-9-5-14(2)6-10-16/h3-11,19H,12H2,1-2H3. The summed E-state index contributed by atoms with van der Waals surface area (Å²) in [6, 6.07) is 14.7. The maximum absolute atomic E-state index is 12.5. The van der Waals surface area contributed by atoms with Crippen molar-refractivity contribution in [1.29, 1.82) is 0 Å². The van der Waals surface area contributed by atoms with Crippen molar-refractivity contribution in [2.75, 3.05) is 16.1 Å². The lowest BCUT2D eigenvalue weighted by molar-refractivity contribution is -0.114. The van der Waals surface area contributed by atoms with Gasteiger partial charge in [0, 0.05) is 17.6 Å². The number of hydrogen-bond donors (Lipinski definition) is 1. The van der Waals surface area contributed by atoms with Crippen LogP contribution >= 0.6 is 0 Å². The van der Waals surface area contributed by atoms with Crippen LogP contribution in [0.5, 0.6) is 0 Å².